The number of nitrogens with zero attached hydrogens (tertiary/aromatic N) is 1. The highest BCUT2D eigenvalue weighted by Crippen LogP contribution is 2.20. The lowest BCUT2D eigenvalue weighted by Crippen LogP contribution is -2.34. The van der Waals surface area contributed by atoms with Crippen LogP contribution < -0.4 is 14.8 Å². The molecule has 5 heteroatoms. The van der Waals surface area contributed by atoms with Crippen molar-refractivity contribution in [2.75, 3.05) is 26.8 Å². The second-order valence-corrected chi connectivity index (χ2v) is 7.49. The van der Waals surface area contributed by atoms with Crippen molar-refractivity contribution in [2.45, 2.75) is 32.9 Å². The number of nitrogens with one attached hydrogen (secondary N) is 1. The number of likely N-dealkylation sites (tertiary alicyclic amines) is 1. The quantitative estimate of drug-likeness (QED) is 0.758. The molecule has 2 aromatic rings. The zero-order valence-corrected chi connectivity index (χ0v) is 16.8. The van der Waals surface area contributed by atoms with E-state index in [0.29, 0.717) is 12.3 Å². The molecular weight excluding hydrogens is 352 g/mol. The average Bonchev–Trinajstić information content (AvgIpc) is 2.72. The Morgan fingerprint density at radius 3 is 2.54 bits per heavy atom. The smallest absolute Gasteiger partial charge is 0.258 e. The van der Waals surface area contributed by atoms with Crippen LogP contribution in [-0.4, -0.2) is 37.6 Å². The Kier molecular flexibility index (Phi) is 7.31. The maximum Gasteiger partial charge on any atom is 0.258 e. The summed E-state index contributed by atoms with van der Waals surface area (Å²) in [6.07, 6.45) is 2.59. The maximum atomic E-state index is 12.2. The molecule has 1 fully saturated rings. The molecule has 2 aromatic carbocycles. The van der Waals surface area contributed by atoms with E-state index < -0.39 is 0 Å². The lowest BCUT2D eigenvalue weighted by atomic mass is 9.99. The normalized spacial score (nSPS) is 17.1. The molecule has 0 aliphatic carbocycles. The van der Waals surface area contributed by atoms with Crippen molar-refractivity contribution < 1.29 is 14.3 Å². The van der Waals surface area contributed by atoms with Crippen LogP contribution in [0.5, 0.6) is 11.5 Å². The molecule has 5 nitrogen and oxygen atoms in total. The molecule has 0 spiro atoms. The van der Waals surface area contributed by atoms with E-state index in [1.807, 2.05) is 18.2 Å². The Labute approximate surface area is 167 Å². The molecule has 3 rings (SSSR count). The number of ether oxygens (including phenoxy) is 2. The molecule has 1 unspecified atom stereocenters. The molecule has 1 amide bonds. The van der Waals surface area contributed by atoms with Crippen LogP contribution in [0.2, 0.25) is 0 Å². The summed E-state index contributed by atoms with van der Waals surface area (Å²) < 4.78 is 10.7. The number of methoxy groups -OCH3 is 1. The number of rotatable bonds is 8. The van der Waals surface area contributed by atoms with Gasteiger partial charge >= 0.3 is 0 Å². The van der Waals surface area contributed by atoms with E-state index in [2.05, 4.69) is 35.3 Å². The van der Waals surface area contributed by atoms with Crippen LogP contribution in [0.15, 0.2) is 48.5 Å². The molecule has 1 saturated heterocycles. The lowest BCUT2D eigenvalue weighted by molar-refractivity contribution is -0.123. The van der Waals surface area contributed by atoms with Crippen molar-refractivity contribution in [1.29, 1.82) is 0 Å². The maximum absolute atomic E-state index is 12.2. The molecule has 1 atom stereocenters. The topological polar surface area (TPSA) is 50.8 Å². The van der Waals surface area contributed by atoms with Gasteiger partial charge < -0.3 is 14.8 Å². The van der Waals surface area contributed by atoms with Gasteiger partial charge in [-0.3, -0.25) is 9.69 Å². The fourth-order valence-electron chi connectivity index (χ4n) is 3.62. The van der Waals surface area contributed by atoms with Gasteiger partial charge in [-0.1, -0.05) is 31.2 Å². The second-order valence-electron chi connectivity index (χ2n) is 7.49. The summed E-state index contributed by atoms with van der Waals surface area (Å²) in [5.41, 5.74) is 2.45. The summed E-state index contributed by atoms with van der Waals surface area (Å²) >= 11 is 0. The molecule has 0 aromatic heterocycles. The number of piperidine rings is 1. The third kappa shape index (κ3) is 5.99. The molecule has 0 saturated carbocycles. The van der Waals surface area contributed by atoms with Gasteiger partial charge in [0.25, 0.3) is 5.91 Å². The molecule has 1 heterocycles. The Morgan fingerprint density at radius 2 is 1.82 bits per heavy atom. The minimum absolute atomic E-state index is 0.00185. The number of amides is 1. The van der Waals surface area contributed by atoms with Crippen LogP contribution in [0, 0.1) is 5.92 Å². The summed E-state index contributed by atoms with van der Waals surface area (Å²) in [5, 5.41) is 2.97. The van der Waals surface area contributed by atoms with Crippen LogP contribution in [0.25, 0.3) is 0 Å². The molecule has 1 aliphatic rings. The predicted molar refractivity (Wildman–Crippen MR) is 110 cm³/mol. The van der Waals surface area contributed by atoms with Gasteiger partial charge in [0.05, 0.1) is 7.11 Å². The number of benzene rings is 2. The fraction of sp³-hybridized carbons (Fsp3) is 0.435. The molecule has 150 valence electrons. The Balaban J connectivity index is 1.48. The molecule has 0 radical (unpaired) electrons. The molecule has 1 N–H and O–H groups in total. The molecule has 0 bridgehead atoms. The first-order chi connectivity index (χ1) is 13.6. The number of hydrogen-bond acceptors (Lipinski definition) is 4. The average molecular weight is 383 g/mol. The molecule has 1 aliphatic heterocycles. The van der Waals surface area contributed by atoms with Gasteiger partial charge in [-0.25, -0.2) is 0 Å². The van der Waals surface area contributed by atoms with E-state index in [9.17, 15) is 4.79 Å². The first-order valence-electron chi connectivity index (χ1n) is 9.96. The Morgan fingerprint density at radius 1 is 1.11 bits per heavy atom. The third-order valence-electron chi connectivity index (χ3n) is 5.16. The zero-order valence-electron chi connectivity index (χ0n) is 16.8. The number of hydrogen-bond donors (Lipinski definition) is 1. The summed E-state index contributed by atoms with van der Waals surface area (Å²) in [6, 6.07) is 15.6. The van der Waals surface area contributed by atoms with Crippen molar-refractivity contribution in [1.82, 2.24) is 10.2 Å². The van der Waals surface area contributed by atoms with Crippen molar-refractivity contribution >= 4 is 5.91 Å². The highest BCUT2D eigenvalue weighted by molar-refractivity contribution is 5.77. The van der Waals surface area contributed by atoms with Gasteiger partial charge in [-0.2, -0.15) is 0 Å². The monoisotopic (exact) mass is 382 g/mol. The lowest BCUT2D eigenvalue weighted by Gasteiger charge is -2.31. The van der Waals surface area contributed by atoms with E-state index >= 15 is 0 Å². The minimum Gasteiger partial charge on any atom is -0.497 e. The summed E-state index contributed by atoms with van der Waals surface area (Å²) in [6.45, 7) is 6.08. The highest BCUT2D eigenvalue weighted by Gasteiger charge is 2.17. The van der Waals surface area contributed by atoms with Gasteiger partial charge in [0.1, 0.15) is 11.5 Å². The van der Waals surface area contributed by atoms with Crippen molar-refractivity contribution in [2.24, 2.45) is 5.92 Å². The largest absolute Gasteiger partial charge is 0.497 e. The number of carbonyl (C=O) groups excluding carboxylic acids is 1. The fourth-order valence-corrected chi connectivity index (χ4v) is 3.62. The number of carbonyl (C=O) groups is 1. The van der Waals surface area contributed by atoms with Crippen molar-refractivity contribution in [3.05, 3.63) is 59.7 Å². The van der Waals surface area contributed by atoms with E-state index in [0.717, 1.165) is 31.3 Å². The second kappa shape index (κ2) is 10.1. The van der Waals surface area contributed by atoms with E-state index in [4.69, 9.17) is 9.47 Å². The van der Waals surface area contributed by atoms with Gasteiger partial charge in [0.15, 0.2) is 6.61 Å². The van der Waals surface area contributed by atoms with Crippen LogP contribution in [0.4, 0.5) is 0 Å². The SMILES string of the molecule is COc1ccc(OCC(=O)NCc2ccccc2CN2CCCC(C)C2)cc1. The zero-order chi connectivity index (χ0) is 19.8. The highest BCUT2D eigenvalue weighted by atomic mass is 16.5. The predicted octanol–water partition coefficient (Wildman–Crippen LogP) is 3.62. The van der Waals surface area contributed by atoms with Crippen molar-refractivity contribution in [3.63, 3.8) is 0 Å². The van der Waals surface area contributed by atoms with Crippen LogP contribution in [-0.2, 0) is 17.9 Å². The summed E-state index contributed by atoms with van der Waals surface area (Å²) in [7, 11) is 1.62. The third-order valence-corrected chi connectivity index (χ3v) is 5.16. The van der Waals surface area contributed by atoms with Gasteiger partial charge in [-0.05, 0) is 60.7 Å². The first-order valence-corrected chi connectivity index (χ1v) is 9.96. The van der Waals surface area contributed by atoms with Gasteiger partial charge in [0, 0.05) is 19.6 Å². The summed E-state index contributed by atoms with van der Waals surface area (Å²) in [5.74, 6) is 2.04. The summed E-state index contributed by atoms with van der Waals surface area (Å²) in [4.78, 5) is 14.7. The van der Waals surface area contributed by atoms with Crippen LogP contribution >= 0.6 is 0 Å². The van der Waals surface area contributed by atoms with E-state index in [1.54, 1.807) is 19.2 Å². The van der Waals surface area contributed by atoms with E-state index in [1.165, 1.54) is 24.0 Å². The first kappa shape index (κ1) is 20.2. The standard InChI is InChI=1S/C23H30N2O3/c1-18-6-5-13-25(15-18)16-20-8-4-3-7-19(20)14-24-23(26)17-28-22-11-9-21(27-2)10-12-22/h3-4,7-12,18H,5-6,13-17H2,1-2H3,(H,24,26). The van der Waals surface area contributed by atoms with Crippen molar-refractivity contribution in [3.8, 4) is 11.5 Å². The van der Waals surface area contributed by atoms with Crippen LogP contribution in [0.3, 0.4) is 0 Å². The van der Waals surface area contributed by atoms with Gasteiger partial charge in [-0.15, -0.1) is 0 Å². The Bertz CT molecular complexity index is 761. The van der Waals surface area contributed by atoms with Crippen LogP contribution in [0.1, 0.15) is 30.9 Å². The minimum atomic E-state index is -0.128. The van der Waals surface area contributed by atoms with Gasteiger partial charge in [0.2, 0.25) is 0 Å². The Hall–Kier alpha value is -2.53. The molecular formula is C23H30N2O3. The molecule has 28 heavy (non-hydrogen) atoms. The van der Waals surface area contributed by atoms with E-state index in [-0.39, 0.29) is 12.5 Å².